The van der Waals surface area contributed by atoms with Crippen molar-refractivity contribution in [2.45, 2.75) is 46.1 Å². The summed E-state index contributed by atoms with van der Waals surface area (Å²) in [5.41, 5.74) is 1.62. The Balaban J connectivity index is 2.80. The maximum absolute atomic E-state index is 12.2. The molecule has 0 aliphatic carbocycles. The first-order chi connectivity index (χ1) is 8.34. The lowest BCUT2D eigenvalue weighted by molar-refractivity contribution is 0.0172. The Labute approximate surface area is 110 Å². The van der Waals surface area contributed by atoms with E-state index in [1.165, 1.54) is 5.56 Å². The van der Waals surface area contributed by atoms with E-state index in [9.17, 15) is 4.79 Å². The molecule has 18 heavy (non-hydrogen) atoms. The molecule has 0 atom stereocenters. The summed E-state index contributed by atoms with van der Waals surface area (Å²) in [4.78, 5) is 12.2. The zero-order valence-electron chi connectivity index (χ0n) is 12.1. The van der Waals surface area contributed by atoms with E-state index in [4.69, 9.17) is 4.74 Å². The van der Waals surface area contributed by atoms with Gasteiger partial charge in [0.1, 0.15) is 0 Å². The second-order valence-corrected chi connectivity index (χ2v) is 5.86. The molecular formula is C16H24O2. The smallest absolute Gasteiger partial charge is 0.165 e. The lowest BCUT2D eigenvalue weighted by Crippen LogP contribution is -2.26. The predicted octanol–water partition coefficient (Wildman–Crippen LogP) is 3.88. The Kier molecular flexibility index (Phi) is 5.09. The van der Waals surface area contributed by atoms with Crippen LogP contribution in [0.3, 0.4) is 0 Å². The number of rotatable bonds is 6. The van der Waals surface area contributed by atoms with Gasteiger partial charge in [-0.05, 0) is 37.8 Å². The van der Waals surface area contributed by atoms with Crippen molar-refractivity contribution in [2.24, 2.45) is 5.92 Å². The first-order valence-corrected chi connectivity index (χ1v) is 6.51. The summed E-state index contributed by atoms with van der Waals surface area (Å²) >= 11 is 0. The zero-order chi connectivity index (χ0) is 13.8. The van der Waals surface area contributed by atoms with Crippen LogP contribution in [0.5, 0.6) is 0 Å². The summed E-state index contributed by atoms with van der Waals surface area (Å²) in [6, 6.07) is 7.94. The highest BCUT2D eigenvalue weighted by atomic mass is 16.5. The molecule has 0 bridgehead atoms. The number of methoxy groups -OCH3 is 1. The van der Waals surface area contributed by atoms with Gasteiger partial charge in [0.05, 0.1) is 5.60 Å². The molecule has 0 aromatic heterocycles. The Bertz CT molecular complexity index is 405. The van der Waals surface area contributed by atoms with Crippen LogP contribution in [0.25, 0.3) is 0 Å². The summed E-state index contributed by atoms with van der Waals surface area (Å²) in [6.07, 6.45) is 1.42. The monoisotopic (exact) mass is 248 g/mol. The number of carbonyl (C=O) groups is 1. The fourth-order valence-electron chi connectivity index (χ4n) is 1.90. The molecule has 0 aliphatic rings. The van der Waals surface area contributed by atoms with Crippen LogP contribution in [-0.4, -0.2) is 18.5 Å². The van der Waals surface area contributed by atoms with E-state index >= 15 is 0 Å². The second-order valence-electron chi connectivity index (χ2n) is 5.86. The van der Waals surface area contributed by atoms with Crippen LogP contribution < -0.4 is 0 Å². The van der Waals surface area contributed by atoms with Crippen LogP contribution in [-0.2, 0) is 11.2 Å². The summed E-state index contributed by atoms with van der Waals surface area (Å²) in [7, 11) is 1.64. The summed E-state index contributed by atoms with van der Waals surface area (Å²) in [6.45, 7) is 8.23. The van der Waals surface area contributed by atoms with E-state index in [1.54, 1.807) is 7.11 Å². The van der Waals surface area contributed by atoms with Crippen molar-refractivity contribution < 1.29 is 9.53 Å². The fraction of sp³-hybridized carbons (Fsp3) is 0.562. The summed E-state index contributed by atoms with van der Waals surface area (Å²) < 4.78 is 5.30. The van der Waals surface area contributed by atoms with Gasteiger partial charge in [0, 0.05) is 19.1 Å². The number of ether oxygens (including phenoxy) is 1. The molecule has 0 saturated heterocycles. The number of hydrogen-bond donors (Lipinski definition) is 0. The minimum absolute atomic E-state index is 0.146. The van der Waals surface area contributed by atoms with Crippen molar-refractivity contribution in [2.75, 3.05) is 7.11 Å². The highest BCUT2D eigenvalue weighted by Gasteiger charge is 2.22. The van der Waals surface area contributed by atoms with Gasteiger partial charge < -0.3 is 4.74 Å². The van der Waals surface area contributed by atoms with Gasteiger partial charge in [-0.25, -0.2) is 0 Å². The van der Waals surface area contributed by atoms with Gasteiger partial charge in [-0.1, -0.05) is 32.0 Å². The third-order valence-corrected chi connectivity index (χ3v) is 3.03. The van der Waals surface area contributed by atoms with Crippen molar-refractivity contribution >= 4 is 5.78 Å². The molecule has 0 amide bonds. The lowest BCUT2D eigenvalue weighted by atomic mass is 9.94. The standard InChI is InChI=1S/C16H24O2/c1-12(2)9-13-7-6-8-14(10-13)15(17)11-16(3,4)18-5/h6-8,10,12H,9,11H2,1-5H3. The van der Waals surface area contributed by atoms with Gasteiger partial charge in [0.2, 0.25) is 0 Å². The maximum Gasteiger partial charge on any atom is 0.165 e. The van der Waals surface area contributed by atoms with E-state index in [1.807, 2.05) is 32.0 Å². The van der Waals surface area contributed by atoms with Crippen molar-refractivity contribution in [3.8, 4) is 0 Å². The van der Waals surface area contributed by atoms with E-state index in [0.717, 1.165) is 12.0 Å². The molecule has 0 radical (unpaired) electrons. The normalized spacial score (nSPS) is 11.9. The van der Waals surface area contributed by atoms with Crippen molar-refractivity contribution in [1.29, 1.82) is 0 Å². The molecule has 1 aromatic rings. The highest BCUT2D eigenvalue weighted by molar-refractivity contribution is 5.96. The molecule has 2 heteroatoms. The molecule has 1 aromatic carbocycles. The highest BCUT2D eigenvalue weighted by Crippen LogP contribution is 2.18. The molecule has 2 nitrogen and oxygen atoms in total. The molecule has 0 unspecified atom stereocenters. The first kappa shape index (κ1) is 14.9. The predicted molar refractivity (Wildman–Crippen MR) is 75.0 cm³/mol. The molecule has 0 spiro atoms. The van der Waals surface area contributed by atoms with Crippen LogP contribution in [0.1, 0.15) is 50.0 Å². The minimum atomic E-state index is -0.398. The van der Waals surface area contributed by atoms with Crippen LogP contribution in [0.2, 0.25) is 0 Å². The first-order valence-electron chi connectivity index (χ1n) is 6.51. The Hall–Kier alpha value is -1.15. The zero-order valence-corrected chi connectivity index (χ0v) is 12.1. The maximum atomic E-state index is 12.2. The minimum Gasteiger partial charge on any atom is -0.378 e. The van der Waals surface area contributed by atoms with E-state index in [-0.39, 0.29) is 5.78 Å². The average Bonchev–Trinajstić information content (AvgIpc) is 2.28. The van der Waals surface area contributed by atoms with Crippen LogP contribution >= 0.6 is 0 Å². The summed E-state index contributed by atoms with van der Waals surface area (Å²) in [5.74, 6) is 0.748. The lowest BCUT2D eigenvalue weighted by Gasteiger charge is -2.21. The number of hydrogen-bond acceptors (Lipinski definition) is 2. The fourth-order valence-corrected chi connectivity index (χ4v) is 1.90. The van der Waals surface area contributed by atoms with Gasteiger partial charge in [-0.2, -0.15) is 0 Å². The molecule has 1 rings (SSSR count). The molecule has 0 heterocycles. The third kappa shape index (κ3) is 4.61. The van der Waals surface area contributed by atoms with Crippen LogP contribution in [0, 0.1) is 5.92 Å². The largest absolute Gasteiger partial charge is 0.378 e. The van der Waals surface area contributed by atoms with Gasteiger partial charge in [0.25, 0.3) is 0 Å². The SMILES string of the molecule is COC(C)(C)CC(=O)c1cccc(CC(C)C)c1. The molecular weight excluding hydrogens is 224 g/mol. The van der Waals surface area contributed by atoms with Gasteiger partial charge in [-0.15, -0.1) is 0 Å². The Morgan fingerprint density at radius 2 is 2.00 bits per heavy atom. The van der Waals surface area contributed by atoms with E-state index in [2.05, 4.69) is 19.9 Å². The van der Waals surface area contributed by atoms with Crippen LogP contribution in [0.4, 0.5) is 0 Å². The average molecular weight is 248 g/mol. The number of Topliss-reactive ketones (excluding diaryl/α,β-unsaturated/α-hetero) is 1. The van der Waals surface area contributed by atoms with Gasteiger partial charge >= 0.3 is 0 Å². The number of carbonyl (C=O) groups excluding carboxylic acids is 1. The van der Waals surface area contributed by atoms with E-state index in [0.29, 0.717) is 12.3 Å². The van der Waals surface area contributed by atoms with Crippen molar-refractivity contribution in [3.05, 3.63) is 35.4 Å². The van der Waals surface area contributed by atoms with Gasteiger partial charge in [0.15, 0.2) is 5.78 Å². The Morgan fingerprint density at radius 3 is 2.56 bits per heavy atom. The van der Waals surface area contributed by atoms with Crippen LogP contribution in [0.15, 0.2) is 24.3 Å². The Morgan fingerprint density at radius 1 is 1.33 bits per heavy atom. The second kappa shape index (κ2) is 6.14. The van der Waals surface area contributed by atoms with Gasteiger partial charge in [-0.3, -0.25) is 4.79 Å². The number of ketones is 1. The number of benzene rings is 1. The quantitative estimate of drug-likeness (QED) is 0.714. The molecule has 100 valence electrons. The summed E-state index contributed by atoms with van der Waals surface area (Å²) in [5, 5.41) is 0. The molecule has 0 saturated carbocycles. The molecule has 0 aliphatic heterocycles. The topological polar surface area (TPSA) is 26.3 Å². The van der Waals surface area contributed by atoms with Crippen molar-refractivity contribution in [3.63, 3.8) is 0 Å². The third-order valence-electron chi connectivity index (χ3n) is 3.03. The molecule has 0 fully saturated rings. The molecule has 0 N–H and O–H groups in total. The van der Waals surface area contributed by atoms with Crippen molar-refractivity contribution in [1.82, 2.24) is 0 Å². The van der Waals surface area contributed by atoms with E-state index < -0.39 is 5.60 Å².